The Labute approximate surface area is 113 Å². The second kappa shape index (κ2) is 5.81. The summed E-state index contributed by atoms with van der Waals surface area (Å²) in [5, 5.41) is 10.1. The number of hydrogen-bond acceptors (Lipinski definition) is 2. The summed E-state index contributed by atoms with van der Waals surface area (Å²) in [7, 11) is 0. The van der Waals surface area contributed by atoms with E-state index in [1.807, 2.05) is 50.2 Å². The van der Waals surface area contributed by atoms with Crippen LogP contribution in [0.3, 0.4) is 0 Å². The van der Waals surface area contributed by atoms with Crippen molar-refractivity contribution in [3.63, 3.8) is 0 Å². The highest BCUT2D eigenvalue weighted by atomic mass is 16.3. The molecule has 1 atom stereocenters. The third-order valence-electron chi connectivity index (χ3n) is 3.29. The number of aliphatic hydroxyl groups excluding tert-OH is 1. The maximum absolute atomic E-state index is 12.1. The van der Waals surface area contributed by atoms with E-state index >= 15 is 0 Å². The summed E-state index contributed by atoms with van der Waals surface area (Å²) in [6, 6.07) is 15.1. The van der Waals surface area contributed by atoms with Gasteiger partial charge in [0.25, 0.3) is 0 Å². The van der Waals surface area contributed by atoms with E-state index in [0.717, 1.165) is 16.7 Å². The zero-order valence-electron chi connectivity index (χ0n) is 11.3. The highest BCUT2D eigenvalue weighted by Gasteiger charge is 2.17. The topological polar surface area (TPSA) is 37.3 Å². The molecule has 0 aliphatic carbocycles. The molecule has 0 saturated heterocycles. The summed E-state index contributed by atoms with van der Waals surface area (Å²) < 4.78 is 0. The predicted octanol–water partition coefficient (Wildman–Crippen LogP) is 3.15. The minimum Gasteiger partial charge on any atom is -0.381 e. The van der Waals surface area contributed by atoms with E-state index in [0.29, 0.717) is 5.56 Å². The zero-order valence-corrected chi connectivity index (χ0v) is 11.3. The Morgan fingerprint density at radius 1 is 1.11 bits per heavy atom. The van der Waals surface area contributed by atoms with E-state index in [2.05, 4.69) is 0 Å². The average molecular weight is 254 g/mol. The van der Waals surface area contributed by atoms with Crippen LogP contribution in [-0.2, 0) is 11.2 Å². The number of carbonyl (C=O) groups excluding carboxylic acids is 1. The molecule has 0 saturated carbocycles. The van der Waals surface area contributed by atoms with E-state index in [9.17, 15) is 9.90 Å². The molecule has 2 aromatic rings. The molecule has 0 aromatic heterocycles. The molecule has 0 fully saturated rings. The molecule has 1 N–H and O–H groups in total. The molecule has 0 bridgehead atoms. The minimum absolute atomic E-state index is 0.167. The molecule has 0 aliphatic heterocycles. The molecule has 2 nitrogen and oxygen atoms in total. The van der Waals surface area contributed by atoms with Crippen molar-refractivity contribution in [2.75, 3.05) is 0 Å². The number of aliphatic hydroxyl groups is 1. The van der Waals surface area contributed by atoms with Gasteiger partial charge in [-0.2, -0.15) is 0 Å². The van der Waals surface area contributed by atoms with E-state index in [1.165, 1.54) is 0 Å². The van der Waals surface area contributed by atoms with Gasteiger partial charge in [0, 0.05) is 6.42 Å². The van der Waals surface area contributed by atoms with Gasteiger partial charge in [-0.1, -0.05) is 54.1 Å². The number of hydrogen-bond donors (Lipinski definition) is 1. The molecule has 98 valence electrons. The van der Waals surface area contributed by atoms with Gasteiger partial charge in [0.1, 0.15) is 6.10 Å². The molecule has 1 unspecified atom stereocenters. The summed E-state index contributed by atoms with van der Waals surface area (Å²) in [5.74, 6) is -0.167. The van der Waals surface area contributed by atoms with Crippen molar-refractivity contribution in [3.8, 4) is 0 Å². The Bertz CT molecular complexity index is 573. The Morgan fingerprint density at radius 2 is 1.79 bits per heavy atom. The Morgan fingerprint density at radius 3 is 2.47 bits per heavy atom. The maximum Gasteiger partial charge on any atom is 0.170 e. The SMILES string of the molecule is Cc1ccc(C)c(CC(=O)C(O)c2ccccc2)c1. The molecule has 0 radical (unpaired) electrons. The van der Waals surface area contributed by atoms with Gasteiger partial charge in [0.15, 0.2) is 5.78 Å². The van der Waals surface area contributed by atoms with Crippen LogP contribution >= 0.6 is 0 Å². The summed E-state index contributed by atoms with van der Waals surface area (Å²) in [4.78, 5) is 12.1. The number of carbonyl (C=O) groups is 1. The summed E-state index contributed by atoms with van der Waals surface area (Å²) in [5.41, 5.74) is 3.85. The van der Waals surface area contributed by atoms with Crippen LogP contribution in [0.2, 0.25) is 0 Å². The van der Waals surface area contributed by atoms with Crippen molar-refractivity contribution in [3.05, 3.63) is 70.8 Å². The first kappa shape index (κ1) is 13.5. The van der Waals surface area contributed by atoms with Crippen LogP contribution in [0, 0.1) is 13.8 Å². The molecular weight excluding hydrogens is 236 g/mol. The van der Waals surface area contributed by atoms with Crippen LogP contribution in [0.15, 0.2) is 48.5 Å². The van der Waals surface area contributed by atoms with Gasteiger partial charge in [-0.05, 0) is 30.5 Å². The Hall–Kier alpha value is -1.93. The molecule has 0 spiro atoms. The molecule has 2 aromatic carbocycles. The quantitative estimate of drug-likeness (QED) is 0.910. The van der Waals surface area contributed by atoms with Crippen LogP contribution in [0.5, 0.6) is 0 Å². The number of ketones is 1. The third-order valence-corrected chi connectivity index (χ3v) is 3.29. The van der Waals surface area contributed by atoms with Crippen molar-refractivity contribution in [1.82, 2.24) is 0 Å². The maximum atomic E-state index is 12.1. The number of benzene rings is 2. The van der Waals surface area contributed by atoms with Gasteiger partial charge in [-0.15, -0.1) is 0 Å². The van der Waals surface area contributed by atoms with E-state index in [-0.39, 0.29) is 12.2 Å². The van der Waals surface area contributed by atoms with Crippen LogP contribution in [0.25, 0.3) is 0 Å². The van der Waals surface area contributed by atoms with Crippen LogP contribution in [0.1, 0.15) is 28.4 Å². The van der Waals surface area contributed by atoms with E-state index in [1.54, 1.807) is 12.1 Å². The summed E-state index contributed by atoms with van der Waals surface area (Å²) in [6.45, 7) is 3.98. The number of rotatable bonds is 4. The lowest BCUT2D eigenvalue weighted by Gasteiger charge is -2.11. The molecule has 19 heavy (non-hydrogen) atoms. The van der Waals surface area contributed by atoms with Crippen LogP contribution in [0.4, 0.5) is 0 Å². The van der Waals surface area contributed by atoms with Gasteiger partial charge >= 0.3 is 0 Å². The monoisotopic (exact) mass is 254 g/mol. The highest BCUT2D eigenvalue weighted by molar-refractivity contribution is 5.86. The molecule has 2 heteroatoms. The smallest absolute Gasteiger partial charge is 0.170 e. The van der Waals surface area contributed by atoms with Gasteiger partial charge in [0.05, 0.1) is 0 Å². The fourth-order valence-corrected chi connectivity index (χ4v) is 2.10. The van der Waals surface area contributed by atoms with Gasteiger partial charge in [0.2, 0.25) is 0 Å². The number of aryl methyl sites for hydroxylation is 2. The second-order valence-electron chi connectivity index (χ2n) is 4.89. The molecule has 0 heterocycles. The first-order valence-electron chi connectivity index (χ1n) is 6.40. The van der Waals surface area contributed by atoms with Crippen molar-refractivity contribution in [2.45, 2.75) is 26.4 Å². The third kappa shape index (κ3) is 3.30. The van der Waals surface area contributed by atoms with Crippen LogP contribution < -0.4 is 0 Å². The first-order valence-corrected chi connectivity index (χ1v) is 6.40. The second-order valence-corrected chi connectivity index (χ2v) is 4.89. The van der Waals surface area contributed by atoms with Crippen molar-refractivity contribution < 1.29 is 9.90 Å². The lowest BCUT2D eigenvalue weighted by atomic mass is 9.96. The highest BCUT2D eigenvalue weighted by Crippen LogP contribution is 2.18. The van der Waals surface area contributed by atoms with Gasteiger partial charge in [-0.25, -0.2) is 0 Å². The van der Waals surface area contributed by atoms with E-state index in [4.69, 9.17) is 0 Å². The molecular formula is C17H18O2. The number of Topliss-reactive ketones (excluding diaryl/α,β-unsaturated/α-hetero) is 1. The standard InChI is InChI=1S/C17H18O2/c1-12-8-9-13(2)15(10-12)11-16(18)17(19)14-6-4-3-5-7-14/h3-10,17,19H,11H2,1-2H3. The van der Waals surface area contributed by atoms with Crippen molar-refractivity contribution >= 4 is 5.78 Å². The van der Waals surface area contributed by atoms with Crippen molar-refractivity contribution in [2.24, 2.45) is 0 Å². The minimum atomic E-state index is -1.04. The predicted molar refractivity (Wildman–Crippen MR) is 76.0 cm³/mol. The normalized spacial score (nSPS) is 12.2. The van der Waals surface area contributed by atoms with Gasteiger partial charge < -0.3 is 5.11 Å². The van der Waals surface area contributed by atoms with E-state index < -0.39 is 6.10 Å². The fourth-order valence-electron chi connectivity index (χ4n) is 2.10. The Balaban J connectivity index is 2.15. The fraction of sp³-hybridized carbons (Fsp3) is 0.235. The Kier molecular flexibility index (Phi) is 4.13. The summed E-state index contributed by atoms with van der Waals surface area (Å²) >= 11 is 0. The molecule has 0 amide bonds. The van der Waals surface area contributed by atoms with Gasteiger partial charge in [-0.3, -0.25) is 4.79 Å². The average Bonchev–Trinajstić information content (AvgIpc) is 2.43. The molecule has 2 rings (SSSR count). The largest absolute Gasteiger partial charge is 0.381 e. The van der Waals surface area contributed by atoms with Crippen molar-refractivity contribution in [1.29, 1.82) is 0 Å². The first-order chi connectivity index (χ1) is 9.08. The van der Waals surface area contributed by atoms with Crippen LogP contribution in [-0.4, -0.2) is 10.9 Å². The lowest BCUT2D eigenvalue weighted by Crippen LogP contribution is -2.15. The lowest BCUT2D eigenvalue weighted by molar-refractivity contribution is -0.126. The zero-order chi connectivity index (χ0) is 13.8. The summed E-state index contributed by atoms with van der Waals surface area (Å²) in [6.07, 6.45) is -0.773. The molecule has 0 aliphatic rings.